The Hall–Kier alpha value is -4.75. The van der Waals surface area contributed by atoms with Crippen LogP contribution in [0.25, 0.3) is 21.5 Å². The van der Waals surface area contributed by atoms with Gasteiger partial charge in [-0.05, 0) is 36.4 Å². The average Bonchev–Trinajstić information content (AvgIpc) is 3.45. The second-order valence-corrected chi connectivity index (χ2v) is 8.88. The van der Waals surface area contributed by atoms with Crippen molar-refractivity contribution in [2.45, 2.75) is 0 Å². The lowest BCUT2D eigenvalue weighted by Crippen LogP contribution is -2.45. The molecule has 38 heavy (non-hydrogen) atoms. The first kappa shape index (κ1) is 21.4. The van der Waals surface area contributed by atoms with Crippen molar-refractivity contribution in [2.24, 2.45) is 20.0 Å². The van der Waals surface area contributed by atoms with Crippen LogP contribution < -0.4 is 11.0 Å². The van der Waals surface area contributed by atoms with E-state index in [0.29, 0.717) is 0 Å². The minimum absolute atomic E-state index is 0.000961. The van der Waals surface area contributed by atoms with Crippen molar-refractivity contribution < 1.29 is 30.7 Å². The van der Waals surface area contributed by atoms with E-state index >= 15 is 4.32 Å². The van der Waals surface area contributed by atoms with E-state index in [1.54, 1.807) is 0 Å². The molecule has 0 spiro atoms. The Morgan fingerprint density at radius 2 is 0.895 bits per heavy atom. The van der Waals surface area contributed by atoms with Gasteiger partial charge in [0, 0.05) is 32.7 Å². The molecule has 0 saturated carbocycles. The number of amidine groups is 2. The Morgan fingerprint density at radius 1 is 0.474 bits per heavy atom. The number of hydrogen-bond acceptors (Lipinski definition) is 4. The lowest BCUT2D eigenvalue weighted by atomic mass is 10.0. The third-order valence-electron chi connectivity index (χ3n) is 6.81. The Labute approximate surface area is 205 Å². The maximum absolute atomic E-state index is 16.4. The van der Waals surface area contributed by atoms with Gasteiger partial charge in [0.25, 0.3) is 0 Å². The zero-order valence-electron chi connectivity index (χ0n) is 18.4. The third-order valence-corrected chi connectivity index (χ3v) is 6.81. The average molecular weight is 522 g/mol. The SMILES string of the molecule is FB1n2c3c4cc(F)c(F)cc4c2/N=C2N=C(/N=c4/c5cc(F)c(F)cc5c(n41)=N3)c1cc(F)c(F)cc1\2. The molecule has 3 aliphatic rings. The predicted octanol–water partition coefficient (Wildman–Crippen LogP) is 4.52. The van der Waals surface area contributed by atoms with Crippen molar-refractivity contribution in [1.82, 2.24) is 8.96 Å². The number of nitrogens with zero attached hydrogens (tertiary/aromatic N) is 6. The molecule has 6 nitrogen and oxygen atoms in total. The summed E-state index contributed by atoms with van der Waals surface area (Å²) in [6, 6.07) is 4.91. The Balaban J connectivity index is 1.66. The number of aromatic nitrogens is 2. The minimum atomic E-state index is -2.19. The molecular formula is C24H6BF7N6. The molecule has 0 saturated heterocycles. The molecule has 14 heteroatoms. The van der Waals surface area contributed by atoms with E-state index < -0.39 is 42.2 Å². The summed E-state index contributed by atoms with van der Waals surface area (Å²) in [5, 5.41) is -0.145. The van der Waals surface area contributed by atoms with Crippen LogP contribution in [-0.2, 0) is 0 Å². The molecule has 2 aromatic heterocycles. The monoisotopic (exact) mass is 522 g/mol. The van der Waals surface area contributed by atoms with Crippen LogP contribution >= 0.6 is 0 Å². The highest BCUT2D eigenvalue weighted by Gasteiger charge is 2.38. The highest BCUT2D eigenvalue weighted by Crippen LogP contribution is 2.42. The highest BCUT2D eigenvalue weighted by atomic mass is 19.2. The molecule has 0 atom stereocenters. The minimum Gasteiger partial charge on any atom is -0.303 e. The predicted molar refractivity (Wildman–Crippen MR) is 122 cm³/mol. The summed E-state index contributed by atoms with van der Waals surface area (Å²) < 4.78 is 104. The second kappa shape index (κ2) is 6.76. The molecule has 5 aromatic rings. The molecular weight excluding hydrogens is 516 g/mol. The van der Waals surface area contributed by atoms with Gasteiger partial charge in [0.2, 0.25) is 0 Å². The van der Waals surface area contributed by atoms with Crippen molar-refractivity contribution in [3.63, 3.8) is 0 Å². The van der Waals surface area contributed by atoms with Crippen molar-refractivity contribution in [3.05, 3.63) is 93.4 Å². The van der Waals surface area contributed by atoms with E-state index in [-0.39, 0.29) is 67.0 Å². The Kier molecular flexibility index (Phi) is 3.80. The van der Waals surface area contributed by atoms with Crippen LogP contribution in [0.5, 0.6) is 0 Å². The van der Waals surface area contributed by atoms with Gasteiger partial charge in [-0.3, -0.25) is 4.32 Å². The van der Waals surface area contributed by atoms with Gasteiger partial charge in [-0.2, -0.15) is 0 Å². The number of benzene rings is 3. The molecule has 0 fully saturated rings. The van der Waals surface area contributed by atoms with Gasteiger partial charge in [-0.1, -0.05) is 0 Å². The zero-order valence-corrected chi connectivity index (χ0v) is 18.4. The number of rotatable bonds is 0. The van der Waals surface area contributed by atoms with Crippen LogP contribution in [0.15, 0.2) is 56.4 Å². The molecule has 8 rings (SSSR count). The molecule has 3 aromatic carbocycles. The smallest absolute Gasteiger partial charge is 0.303 e. The zero-order chi connectivity index (χ0) is 26.2. The largest absolute Gasteiger partial charge is 0.601 e. The van der Waals surface area contributed by atoms with E-state index in [1.165, 1.54) is 0 Å². The highest BCUT2D eigenvalue weighted by molar-refractivity contribution is 6.50. The van der Waals surface area contributed by atoms with Gasteiger partial charge in [-0.15, -0.1) is 0 Å². The Bertz CT molecular complexity index is 2180. The van der Waals surface area contributed by atoms with Crippen LogP contribution in [0.2, 0.25) is 0 Å². The quantitative estimate of drug-likeness (QED) is 0.212. The normalized spacial score (nSPS) is 17.1. The van der Waals surface area contributed by atoms with Gasteiger partial charge in [0.05, 0.1) is 0 Å². The molecule has 0 N–H and O–H groups in total. The number of fused-ring (bicyclic) bond motifs is 10. The molecule has 5 heterocycles. The standard InChI is InChI=1S/C24H6BF7N6/c26-13-1-7-8(2-14(13)27)20-33-19(7)34-21-9-3-15(28)17(30)5-11(9)23-36-24-12-6-18(31)16(29)4-10(12)22(35-20)38(24)25(32)37(21)23/h1-6H/b34-19-,34-21?,35-20?,35-22-. The summed E-state index contributed by atoms with van der Waals surface area (Å²) in [5.41, 5.74) is -0.418. The first-order valence-corrected chi connectivity index (χ1v) is 11.0. The first-order chi connectivity index (χ1) is 18.2. The molecule has 0 unspecified atom stereocenters. The van der Waals surface area contributed by atoms with Crippen LogP contribution in [0.4, 0.5) is 42.3 Å². The first-order valence-electron chi connectivity index (χ1n) is 11.0. The molecule has 0 radical (unpaired) electrons. The molecule has 3 aliphatic heterocycles. The van der Waals surface area contributed by atoms with Crippen LogP contribution in [0.1, 0.15) is 11.1 Å². The number of aliphatic imine (C=N–C) groups is 2. The van der Waals surface area contributed by atoms with Crippen LogP contribution in [-0.4, -0.2) is 27.9 Å². The summed E-state index contributed by atoms with van der Waals surface area (Å²) in [5.74, 6) is -8.22. The lowest BCUT2D eigenvalue weighted by molar-refractivity contribution is 0.508. The fourth-order valence-corrected chi connectivity index (χ4v) is 5.14. The van der Waals surface area contributed by atoms with Gasteiger partial charge < -0.3 is 8.96 Å². The molecule has 184 valence electrons. The summed E-state index contributed by atoms with van der Waals surface area (Å²) in [6.07, 6.45) is 0. The summed E-state index contributed by atoms with van der Waals surface area (Å²) in [6.45, 7) is 0. The summed E-state index contributed by atoms with van der Waals surface area (Å²) >= 11 is 0. The fraction of sp³-hybridized carbons (Fsp3) is 0. The Morgan fingerprint density at radius 3 is 1.45 bits per heavy atom. The molecule has 0 amide bonds. The van der Waals surface area contributed by atoms with Crippen LogP contribution in [0.3, 0.4) is 0 Å². The van der Waals surface area contributed by atoms with Crippen molar-refractivity contribution in [3.8, 4) is 0 Å². The van der Waals surface area contributed by atoms with Crippen molar-refractivity contribution >= 4 is 52.1 Å². The lowest BCUT2D eigenvalue weighted by Gasteiger charge is -2.16. The van der Waals surface area contributed by atoms with Crippen molar-refractivity contribution in [2.75, 3.05) is 0 Å². The molecule has 0 aliphatic carbocycles. The van der Waals surface area contributed by atoms with Crippen LogP contribution in [0, 0.1) is 34.9 Å². The van der Waals surface area contributed by atoms with E-state index in [4.69, 9.17) is 0 Å². The maximum Gasteiger partial charge on any atom is 0.601 e. The fourth-order valence-electron chi connectivity index (χ4n) is 5.14. The maximum atomic E-state index is 16.4. The third kappa shape index (κ3) is 2.49. The number of hydrogen-bond donors (Lipinski definition) is 0. The summed E-state index contributed by atoms with van der Waals surface area (Å²) in [4.78, 5) is 17.4. The van der Waals surface area contributed by atoms with Gasteiger partial charge in [0.1, 0.15) is 22.6 Å². The van der Waals surface area contributed by atoms with Gasteiger partial charge >= 0.3 is 7.26 Å². The van der Waals surface area contributed by atoms with E-state index in [0.717, 1.165) is 45.4 Å². The van der Waals surface area contributed by atoms with Gasteiger partial charge in [-0.25, -0.2) is 46.3 Å². The second-order valence-electron chi connectivity index (χ2n) is 8.88. The van der Waals surface area contributed by atoms with E-state index in [2.05, 4.69) is 20.0 Å². The van der Waals surface area contributed by atoms with E-state index in [1.807, 2.05) is 0 Å². The van der Waals surface area contributed by atoms with Gasteiger partial charge in [0.15, 0.2) is 46.6 Å². The number of halogens is 7. The van der Waals surface area contributed by atoms with E-state index in [9.17, 15) is 26.3 Å². The van der Waals surface area contributed by atoms with Crippen molar-refractivity contribution in [1.29, 1.82) is 0 Å². The molecule has 4 bridgehead atoms. The topological polar surface area (TPSA) is 59.3 Å². The summed E-state index contributed by atoms with van der Waals surface area (Å²) in [7, 11) is -2.19.